The van der Waals surface area contributed by atoms with E-state index >= 15 is 0 Å². The van der Waals surface area contributed by atoms with Gasteiger partial charge in [0.25, 0.3) is 0 Å². The van der Waals surface area contributed by atoms with Crippen LogP contribution in [0.1, 0.15) is 25.3 Å². The van der Waals surface area contributed by atoms with Gasteiger partial charge in [-0.05, 0) is 25.5 Å². The molecule has 0 unspecified atom stereocenters. The van der Waals surface area contributed by atoms with Crippen LogP contribution in [0.3, 0.4) is 0 Å². The lowest BCUT2D eigenvalue weighted by Crippen LogP contribution is -2.45. The third kappa shape index (κ3) is 3.51. The number of piperidine rings is 1. The van der Waals surface area contributed by atoms with E-state index in [0.29, 0.717) is 11.6 Å². The van der Waals surface area contributed by atoms with E-state index in [1.807, 2.05) is 18.0 Å². The lowest BCUT2D eigenvalue weighted by molar-refractivity contribution is -0.132. The first-order chi connectivity index (χ1) is 9.61. The molecule has 0 bridgehead atoms. The highest BCUT2D eigenvalue weighted by Gasteiger charge is 2.24. The van der Waals surface area contributed by atoms with Crippen LogP contribution in [0, 0.1) is 0 Å². The minimum absolute atomic E-state index is 0.0847. The molecule has 0 atom stereocenters. The maximum absolute atomic E-state index is 12.3. The second kappa shape index (κ2) is 6.75. The lowest BCUT2D eigenvalue weighted by Gasteiger charge is -2.36. The van der Waals surface area contributed by atoms with E-state index in [2.05, 4.69) is 11.8 Å². The fraction of sp³-hybridized carbons (Fsp3) is 0.562. The Labute approximate surface area is 121 Å². The van der Waals surface area contributed by atoms with E-state index in [4.69, 9.17) is 0 Å². The van der Waals surface area contributed by atoms with Crippen LogP contribution < -0.4 is 0 Å². The number of phenolic OH excluding ortho intramolecular Hbond substituents is 1. The van der Waals surface area contributed by atoms with Gasteiger partial charge in [-0.1, -0.05) is 25.1 Å². The third-order valence-electron chi connectivity index (χ3n) is 4.28. The standard InChI is InChI=1S/C16H24N2O2/c1-3-18-10-8-14(9-11-18)17(2)16(20)12-13-6-4-5-7-15(13)19/h4-7,14,19H,3,8-12H2,1-2H3. The number of hydrogen-bond acceptors (Lipinski definition) is 3. The molecule has 0 spiro atoms. The summed E-state index contributed by atoms with van der Waals surface area (Å²) in [7, 11) is 1.88. The van der Waals surface area contributed by atoms with Crippen LogP contribution in [0.4, 0.5) is 0 Å². The molecule has 1 heterocycles. The average Bonchev–Trinajstić information content (AvgIpc) is 2.49. The number of amides is 1. The van der Waals surface area contributed by atoms with Gasteiger partial charge in [0.1, 0.15) is 5.75 Å². The molecule has 1 aliphatic rings. The molecule has 0 radical (unpaired) electrons. The largest absolute Gasteiger partial charge is 0.508 e. The van der Waals surface area contributed by atoms with E-state index < -0.39 is 0 Å². The zero-order valence-corrected chi connectivity index (χ0v) is 12.4. The first-order valence-corrected chi connectivity index (χ1v) is 7.36. The van der Waals surface area contributed by atoms with Crippen molar-refractivity contribution < 1.29 is 9.90 Å². The molecular formula is C16H24N2O2. The Morgan fingerprint density at radius 3 is 2.60 bits per heavy atom. The average molecular weight is 276 g/mol. The minimum Gasteiger partial charge on any atom is -0.508 e. The van der Waals surface area contributed by atoms with Crippen molar-refractivity contribution in [1.82, 2.24) is 9.80 Å². The molecule has 1 aliphatic heterocycles. The van der Waals surface area contributed by atoms with E-state index in [0.717, 1.165) is 32.5 Å². The zero-order valence-electron chi connectivity index (χ0n) is 12.4. The molecule has 2 rings (SSSR count). The van der Waals surface area contributed by atoms with Crippen LogP contribution in [0.5, 0.6) is 5.75 Å². The van der Waals surface area contributed by atoms with Gasteiger partial charge in [0.15, 0.2) is 0 Å². The number of para-hydroxylation sites is 1. The molecule has 1 fully saturated rings. The highest BCUT2D eigenvalue weighted by Crippen LogP contribution is 2.19. The number of likely N-dealkylation sites (N-methyl/N-ethyl adjacent to an activating group) is 1. The topological polar surface area (TPSA) is 43.8 Å². The molecular weight excluding hydrogens is 252 g/mol. The molecule has 1 aromatic rings. The smallest absolute Gasteiger partial charge is 0.227 e. The summed E-state index contributed by atoms with van der Waals surface area (Å²) < 4.78 is 0. The Hall–Kier alpha value is -1.55. The molecule has 4 heteroatoms. The van der Waals surface area contributed by atoms with Crippen molar-refractivity contribution in [3.05, 3.63) is 29.8 Å². The lowest BCUT2D eigenvalue weighted by atomic mass is 10.0. The number of phenols is 1. The van der Waals surface area contributed by atoms with Crippen molar-refractivity contribution in [2.45, 2.75) is 32.2 Å². The summed E-state index contributed by atoms with van der Waals surface area (Å²) in [5.41, 5.74) is 0.704. The minimum atomic E-state index is 0.0847. The van der Waals surface area contributed by atoms with Gasteiger partial charge in [-0.25, -0.2) is 0 Å². The molecule has 20 heavy (non-hydrogen) atoms. The van der Waals surface area contributed by atoms with Crippen molar-refractivity contribution in [3.63, 3.8) is 0 Å². The second-order valence-corrected chi connectivity index (χ2v) is 5.48. The fourth-order valence-electron chi connectivity index (χ4n) is 2.77. The summed E-state index contributed by atoms with van der Waals surface area (Å²) in [6.07, 6.45) is 2.35. The van der Waals surface area contributed by atoms with Gasteiger partial charge in [-0.3, -0.25) is 4.79 Å². The molecule has 4 nitrogen and oxygen atoms in total. The predicted molar refractivity (Wildman–Crippen MR) is 79.7 cm³/mol. The summed E-state index contributed by atoms with van der Waals surface area (Å²) >= 11 is 0. The summed E-state index contributed by atoms with van der Waals surface area (Å²) in [5, 5.41) is 9.74. The number of nitrogens with zero attached hydrogens (tertiary/aromatic N) is 2. The number of carbonyl (C=O) groups is 1. The Kier molecular flexibility index (Phi) is 5.01. The number of rotatable bonds is 4. The molecule has 0 saturated carbocycles. The van der Waals surface area contributed by atoms with Crippen LogP contribution in [-0.4, -0.2) is 53.5 Å². The molecule has 1 amide bonds. The number of benzene rings is 1. The summed E-state index contributed by atoms with van der Waals surface area (Å²) in [6, 6.07) is 7.38. The first-order valence-electron chi connectivity index (χ1n) is 7.36. The molecule has 1 aromatic carbocycles. The zero-order chi connectivity index (χ0) is 14.5. The van der Waals surface area contributed by atoms with Crippen LogP contribution in [0.15, 0.2) is 24.3 Å². The summed E-state index contributed by atoms with van der Waals surface area (Å²) in [6.45, 7) is 5.39. The SMILES string of the molecule is CCN1CCC(N(C)C(=O)Cc2ccccc2O)CC1. The van der Waals surface area contributed by atoms with E-state index in [9.17, 15) is 9.90 Å². The van der Waals surface area contributed by atoms with Gasteiger partial charge in [-0.15, -0.1) is 0 Å². The van der Waals surface area contributed by atoms with Crippen molar-refractivity contribution in [1.29, 1.82) is 0 Å². The molecule has 0 aromatic heterocycles. The number of likely N-dealkylation sites (tertiary alicyclic amines) is 1. The highest BCUT2D eigenvalue weighted by molar-refractivity contribution is 5.79. The van der Waals surface area contributed by atoms with Crippen molar-refractivity contribution in [2.24, 2.45) is 0 Å². The number of carbonyl (C=O) groups excluding carboxylic acids is 1. The van der Waals surface area contributed by atoms with Gasteiger partial charge in [0.05, 0.1) is 6.42 Å². The first kappa shape index (κ1) is 14.9. The number of aromatic hydroxyl groups is 1. The molecule has 1 N–H and O–H groups in total. The van der Waals surface area contributed by atoms with Gasteiger partial charge in [0, 0.05) is 31.7 Å². The maximum atomic E-state index is 12.3. The number of hydrogen-bond donors (Lipinski definition) is 1. The molecule has 1 saturated heterocycles. The van der Waals surface area contributed by atoms with Crippen LogP contribution in [-0.2, 0) is 11.2 Å². The van der Waals surface area contributed by atoms with Gasteiger partial charge >= 0.3 is 0 Å². The summed E-state index contributed by atoms with van der Waals surface area (Å²) in [4.78, 5) is 16.6. The van der Waals surface area contributed by atoms with Crippen LogP contribution >= 0.6 is 0 Å². The van der Waals surface area contributed by atoms with Gasteiger partial charge in [-0.2, -0.15) is 0 Å². The summed E-state index contributed by atoms with van der Waals surface area (Å²) in [5.74, 6) is 0.288. The van der Waals surface area contributed by atoms with E-state index in [1.54, 1.807) is 18.2 Å². The molecule has 110 valence electrons. The Morgan fingerprint density at radius 2 is 2.00 bits per heavy atom. The Morgan fingerprint density at radius 1 is 1.35 bits per heavy atom. The second-order valence-electron chi connectivity index (χ2n) is 5.48. The van der Waals surface area contributed by atoms with Crippen molar-refractivity contribution >= 4 is 5.91 Å². The quantitative estimate of drug-likeness (QED) is 0.913. The van der Waals surface area contributed by atoms with E-state index in [1.165, 1.54) is 0 Å². The Bertz CT molecular complexity index is 454. The Balaban J connectivity index is 1.91. The fourth-order valence-corrected chi connectivity index (χ4v) is 2.77. The maximum Gasteiger partial charge on any atom is 0.227 e. The van der Waals surface area contributed by atoms with Crippen molar-refractivity contribution in [3.8, 4) is 5.75 Å². The predicted octanol–water partition coefficient (Wildman–Crippen LogP) is 1.88. The molecule has 0 aliphatic carbocycles. The normalized spacial score (nSPS) is 17.1. The van der Waals surface area contributed by atoms with Crippen LogP contribution in [0.25, 0.3) is 0 Å². The van der Waals surface area contributed by atoms with Crippen molar-refractivity contribution in [2.75, 3.05) is 26.7 Å². The highest BCUT2D eigenvalue weighted by atomic mass is 16.3. The van der Waals surface area contributed by atoms with E-state index in [-0.39, 0.29) is 18.1 Å². The monoisotopic (exact) mass is 276 g/mol. The van der Waals surface area contributed by atoms with Gasteiger partial charge < -0.3 is 14.9 Å². The van der Waals surface area contributed by atoms with Gasteiger partial charge in [0.2, 0.25) is 5.91 Å². The van der Waals surface area contributed by atoms with Crippen LogP contribution in [0.2, 0.25) is 0 Å². The third-order valence-corrected chi connectivity index (χ3v) is 4.28.